The lowest BCUT2D eigenvalue weighted by Gasteiger charge is -2.04. The van der Waals surface area contributed by atoms with E-state index in [4.69, 9.17) is 10.5 Å². The first-order chi connectivity index (χ1) is 7.63. The first-order valence-electron chi connectivity index (χ1n) is 4.96. The molecule has 86 valence electrons. The average molecular weight is 220 g/mol. The number of rotatable bonds is 5. The fourth-order valence-electron chi connectivity index (χ4n) is 1.12. The molecular weight excluding hydrogens is 204 g/mol. The Balaban J connectivity index is 2.49. The van der Waals surface area contributed by atoms with Crippen molar-refractivity contribution in [2.45, 2.75) is 13.5 Å². The third-order valence-corrected chi connectivity index (χ3v) is 2.13. The number of carbonyl (C=O) groups is 1. The van der Waals surface area contributed by atoms with Crippen molar-refractivity contribution in [3.05, 3.63) is 41.7 Å². The summed E-state index contributed by atoms with van der Waals surface area (Å²) in [5, 5.41) is 2.97. The van der Waals surface area contributed by atoms with E-state index in [2.05, 4.69) is 5.32 Å². The summed E-state index contributed by atoms with van der Waals surface area (Å²) >= 11 is 0. The molecule has 1 rings (SSSR count). The van der Waals surface area contributed by atoms with E-state index in [0.717, 1.165) is 11.3 Å². The molecule has 0 saturated heterocycles. The molecule has 1 aromatic carbocycles. The molecule has 4 heteroatoms. The van der Waals surface area contributed by atoms with E-state index >= 15 is 0 Å². The Morgan fingerprint density at radius 3 is 2.56 bits per heavy atom. The van der Waals surface area contributed by atoms with E-state index < -0.39 is 0 Å². The van der Waals surface area contributed by atoms with Gasteiger partial charge >= 0.3 is 0 Å². The molecule has 0 aliphatic rings. The van der Waals surface area contributed by atoms with Crippen LogP contribution in [-0.4, -0.2) is 12.9 Å². The molecule has 0 spiro atoms. The van der Waals surface area contributed by atoms with Crippen LogP contribution in [0.15, 0.2) is 36.2 Å². The molecule has 0 bridgehead atoms. The van der Waals surface area contributed by atoms with Gasteiger partial charge in [-0.05, 0) is 17.7 Å². The van der Waals surface area contributed by atoms with Gasteiger partial charge in [0.25, 0.3) is 0 Å². The van der Waals surface area contributed by atoms with E-state index in [-0.39, 0.29) is 11.5 Å². The quantitative estimate of drug-likeness (QED) is 0.731. The molecule has 0 atom stereocenters. The zero-order chi connectivity index (χ0) is 12.0. The van der Waals surface area contributed by atoms with Gasteiger partial charge in [0.2, 0.25) is 0 Å². The first kappa shape index (κ1) is 12.1. The van der Waals surface area contributed by atoms with E-state index in [1.54, 1.807) is 7.11 Å². The number of ether oxygens (including phenoxy) is 1. The summed E-state index contributed by atoms with van der Waals surface area (Å²) in [6.45, 7) is 2.05. The Hall–Kier alpha value is -1.97. The number of hydrogen-bond acceptors (Lipinski definition) is 4. The molecule has 0 fully saturated rings. The third kappa shape index (κ3) is 3.65. The highest BCUT2D eigenvalue weighted by atomic mass is 16.5. The van der Waals surface area contributed by atoms with Crippen LogP contribution in [0, 0.1) is 0 Å². The summed E-state index contributed by atoms with van der Waals surface area (Å²) in [6, 6.07) is 7.66. The molecule has 0 aromatic heterocycles. The van der Waals surface area contributed by atoms with Gasteiger partial charge in [-0.3, -0.25) is 4.79 Å². The molecule has 0 saturated carbocycles. The second-order valence-electron chi connectivity index (χ2n) is 3.38. The van der Waals surface area contributed by atoms with E-state index in [9.17, 15) is 4.79 Å². The van der Waals surface area contributed by atoms with Crippen molar-refractivity contribution in [2.75, 3.05) is 7.11 Å². The zero-order valence-electron chi connectivity index (χ0n) is 9.49. The maximum atomic E-state index is 10.8. The van der Waals surface area contributed by atoms with Crippen LogP contribution in [0.2, 0.25) is 0 Å². The zero-order valence-corrected chi connectivity index (χ0v) is 9.49. The number of methoxy groups -OCH3 is 1. The number of hydrogen-bond donors (Lipinski definition) is 2. The Kier molecular flexibility index (Phi) is 4.39. The minimum Gasteiger partial charge on any atom is -0.497 e. The molecule has 4 nitrogen and oxygen atoms in total. The van der Waals surface area contributed by atoms with Crippen LogP contribution in [0.5, 0.6) is 5.75 Å². The van der Waals surface area contributed by atoms with Crippen LogP contribution in [0.25, 0.3) is 0 Å². The third-order valence-electron chi connectivity index (χ3n) is 2.13. The van der Waals surface area contributed by atoms with Crippen LogP contribution >= 0.6 is 0 Å². The Bertz CT molecular complexity index is 383. The van der Waals surface area contributed by atoms with Crippen LogP contribution in [0.3, 0.4) is 0 Å². The highest BCUT2D eigenvalue weighted by Crippen LogP contribution is 2.10. The summed E-state index contributed by atoms with van der Waals surface area (Å²) < 4.78 is 5.05. The van der Waals surface area contributed by atoms with Crippen molar-refractivity contribution in [3.8, 4) is 5.75 Å². The SMILES string of the molecule is COc1ccc(CN/C=C(\N)C(C)=O)cc1. The van der Waals surface area contributed by atoms with Crippen molar-refractivity contribution >= 4 is 5.78 Å². The first-order valence-corrected chi connectivity index (χ1v) is 4.96. The summed E-state index contributed by atoms with van der Waals surface area (Å²) in [4.78, 5) is 10.8. The van der Waals surface area contributed by atoms with Gasteiger partial charge in [0.1, 0.15) is 5.75 Å². The summed E-state index contributed by atoms with van der Waals surface area (Å²) in [5.41, 5.74) is 6.78. The van der Waals surface area contributed by atoms with Crippen LogP contribution in [-0.2, 0) is 11.3 Å². The predicted molar refractivity (Wildman–Crippen MR) is 62.8 cm³/mol. The van der Waals surface area contributed by atoms with Crippen LogP contribution in [0.1, 0.15) is 12.5 Å². The fraction of sp³-hybridized carbons (Fsp3) is 0.250. The van der Waals surface area contributed by atoms with Crippen molar-refractivity contribution in [1.29, 1.82) is 0 Å². The lowest BCUT2D eigenvalue weighted by molar-refractivity contribution is -0.113. The maximum absolute atomic E-state index is 10.8. The average Bonchev–Trinajstić information content (AvgIpc) is 2.29. The van der Waals surface area contributed by atoms with Crippen LogP contribution < -0.4 is 15.8 Å². The van der Waals surface area contributed by atoms with Crippen molar-refractivity contribution in [2.24, 2.45) is 5.73 Å². The number of nitrogens with two attached hydrogens (primary N) is 1. The molecule has 0 unspecified atom stereocenters. The number of Topliss-reactive ketones (excluding diaryl/α,β-unsaturated/α-hetero) is 1. The normalized spacial score (nSPS) is 11.0. The molecule has 0 aliphatic carbocycles. The molecule has 1 aromatic rings. The minimum absolute atomic E-state index is 0.137. The van der Waals surface area contributed by atoms with E-state index in [1.165, 1.54) is 13.1 Å². The molecule has 0 aliphatic heterocycles. The van der Waals surface area contributed by atoms with Crippen LogP contribution in [0.4, 0.5) is 0 Å². The van der Waals surface area contributed by atoms with Crippen molar-refractivity contribution in [3.63, 3.8) is 0 Å². The van der Waals surface area contributed by atoms with Gasteiger partial charge in [-0.25, -0.2) is 0 Å². The van der Waals surface area contributed by atoms with Gasteiger partial charge in [-0.15, -0.1) is 0 Å². The fourth-order valence-corrected chi connectivity index (χ4v) is 1.12. The largest absolute Gasteiger partial charge is 0.497 e. The summed E-state index contributed by atoms with van der Waals surface area (Å²) in [6.07, 6.45) is 1.52. The molecule has 16 heavy (non-hydrogen) atoms. The van der Waals surface area contributed by atoms with Crippen molar-refractivity contribution < 1.29 is 9.53 Å². The second-order valence-corrected chi connectivity index (χ2v) is 3.38. The van der Waals surface area contributed by atoms with E-state index in [1.807, 2.05) is 24.3 Å². The number of carbonyl (C=O) groups excluding carboxylic acids is 1. The monoisotopic (exact) mass is 220 g/mol. The highest BCUT2D eigenvalue weighted by molar-refractivity contribution is 5.92. The summed E-state index contributed by atoms with van der Waals surface area (Å²) in [5.74, 6) is 0.685. The highest BCUT2D eigenvalue weighted by Gasteiger charge is 1.96. The molecular formula is C12H16N2O2. The van der Waals surface area contributed by atoms with E-state index in [0.29, 0.717) is 6.54 Å². The van der Waals surface area contributed by atoms with Crippen molar-refractivity contribution in [1.82, 2.24) is 5.32 Å². The topological polar surface area (TPSA) is 64.3 Å². The Morgan fingerprint density at radius 1 is 1.44 bits per heavy atom. The lowest BCUT2D eigenvalue weighted by atomic mass is 10.2. The number of nitrogens with one attached hydrogen (secondary N) is 1. The smallest absolute Gasteiger partial charge is 0.176 e. The Morgan fingerprint density at radius 2 is 2.06 bits per heavy atom. The van der Waals surface area contributed by atoms with Gasteiger partial charge in [0.15, 0.2) is 5.78 Å². The van der Waals surface area contributed by atoms with Gasteiger partial charge in [-0.1, -0.05) is 12.1 Å². The molecule has 0 amide bonds. The maximum Gasteiger partial charge on any atom is 0.176 e. The molecule has 0 radical (unpaired) electrons. The number of benzene rings is 1. The van der Waals surface area contributed by atoms with Gasteiger partial charge in [0, 0.05) is 19.7 Å². The molecule has 3 N–H and O–H groups in total. The van der Waals surface area contributed by atoms with Gasteiger partial charge < -0.3 is 15.8 Å². The second kappa shape index (κ2) is 5.80. The standard InChI is InChI=1S/C12H16N2O2/c1-9(15)12(13)8-14-7-10-3-5-11(16-2)6-4-10/h3-6,8,14H,7,13H2,1-2H3/b12-8-. The van der Waals surface area contributed by atoms with Gasteiger partial charge in [0.05, 0.1) is 12.8 Å². The lowest BCUT2D eigenvalue weighted by Crippen LogP contribution is -2.14. The summed E-state index contributed by atoms with van der Waals surface area (Å²) in [7, 11) is 1.63. The van der Waals surface area contributed by atoms with Gasteiger partial charge in [-0.2, -0.15) is 0 Å². The Labute approximate surface area is 95.1 Å². The molecule has 0 heterocycles. The predicted octanol–water partition coefficient (Wildman–Crippen LogP) is 1.17. The minimum atomic E-state index is -0.137. The number of ketones is 1. The number of allylic oxidation sites excluding steroid dienone is 1.